The molecule has 0 saturated carbocycles. The molecule has 33 heavy (non-hydrogen) atoms. The Morgan fingerprint density at radius 1 is 1.06 bits per heavy atom. The number of para-hydroxylation sites is 1. The summed E-state index contributed by atoms with van der Waals surface area (Å²) in [6, 6.07) is 17.5. The molecule has 168 valence electrons. The van der Waals surface area contributed by atoms with Crippen LogP contribution < -0.4 is 5.32 Å². The fraction of sp³-hybridized carbons (Fsp3) is 0.240. The van der Waals surface area contributed by atoms with E-state index in [0.717, 1.165) is 27.3 Å². The minimum atomic E-state index is -0.304. The number of likely N-dealkylation sites (tertiary alicyclic amines) is 1. The van der Waals surface area contributed by atoms with Crippen molar-refractivity contribution < 1.29 is 14.0 Å². The molecule has 2 amide bonds. The van der Waals surface area contributed by atoms with E-state index in [-0.39, 0.29) is 23.5 Å². The summed E-state index contributed by atoms with van der Waals surface area (Å²) in [5.74, 6) is -0.430. The molecule has 1 aliphatic rings. The lowest BCUT2D eigenvalue weighted by Gasteiger charge is -2.31. The number of carbonyl (C=O) groups excluding carboxylic acids is 2. The number of rotatable bonds is 4. The predicted octanol–water partition coefficient (Wildman–Crippen LogP) is 5.03. The molecule has 2 aromatic carbocycles. The molecular formula is C25H23FN4O2S. The van der Waals surface area contributed by atoms with Gasteiger partial charge in [-0.05, 0) is 62.2 Å². The van der Waals surface area contributed by atoms with Gasteiger partial charge >= 0.3 is 0 Å². The molecule has 1 saturated heterocycles. The number of piperidine rings is 1. The Morgan fingerprint density at radius 2 is 1.76 bits per heavy atom. The fourth-order valence-corrected chi connectivity index (χ4v) is 5.33. The van der Waals surface area contributed by atoms with Crippen molar-refractivity contribution in [3.63, 3.8) is 0 Å². The van der Waals surface area contributed by atoms with Crippen LogP contribution in [0.4, 0.5) is 10.1 Å². The third-order valence-electron chi connectivity index (χ3n) is 6.02. The SMILES string of the molecule is Cc1nn(-c2ccc(F)cc2)c2sc(C(=O)N3CCC(C(=O)Nc4ccccc4)CC3)cc12. The maximum Gasteiger partial charge on any atom is 0.264 e. The van der Waals surface area contributed by atoms with E-state index in [4.69, 9.17) is 0 Å². The number of nitrogens with one attached hydrogen (secondary N) is 1. The molecule has 1 N–H and O–H groups in total. The van der Waals surface area contributed by atoms with Gasteiger partial charge in [-0.3, -0.25) is 9.59 Å². The topological polar surface area (TPSA) is 67.2 Å². The lowest BCUT2D eigenvalue weighted by molar-refractivity contribution is -0.121. The Balaban J connectivity index is 1.28. The summed E-state index contributed by atoms with van der Waals surface area (Å²) in [4.78, 5) is 29.1. The predicted molar refractivity (Wildman–Crippen MR) is 127 cm³/mol. The van der Waals surface area contributed by atoms with Crippen molar-refractivity contribution >= 4 is 39.1 Å². The van der Waals surface area contributed by atoms with Crippen molar-refractivity contribution in [2.75, 3.05) is 18.4 Å². The molecule has 0 aliphatic carbocycles. The van der Waals surface area contributed by atoms with E-state index in [2.05, 4.69) is 10.4 Å². The highest BCUT2D eigenvalue weighted by Crippen LogP contribution is 2.32. The molecule has 6 nitrogen and oxygen atoms in total. The zero-order chi connectivity index (χ0) is 22.9. The molecule has 1 aliphatic heterocycles. The van der Waals surface area contributed by atoms with Gasteiger partial charge in [0.15, 0.2) is 0 Å². The van der Waals surface area contributed by atoms with Crippen LogP contribution in [0.2, 0.25) is 0 Å². The molecule has 0 atom stereocenters. The van der Waals surface area contributed by atoms with Gasteiger partial charge in [-0.15, -0.1) is 11.3 Å². The van der Waals surface area contributed by atoms with Gasteiger partial charge in [-0.25, -0.2) is 9.07 Å². The maximum atomic E-state index is 13.3. The highest BCUT2D eigenvalue weighted by Gasteiger charge is 2.29. The Hall–Kier alpha value is -3.52. The number of benzene rings is 2. The number of fused-ring (bicyclic) bond motifs is 1. The van der Waals surface area contributed by atoms with Crippen LogP contribution in [0.1, 0.15) is 28.2 Å². The summed E-state index contributed by atoms with van der Waals surface area (Å²) in [5.41, 5.74) is 2.36. The Labute approximate surface area is 194 Å². The number of hydrogen-bond donors (Lipinski definition) is 1. The van der Waals surface area contributed by atoms with E-state index in [0.29, 0.717) is 30.8 Å². The summed E-state index contributed by atoms with van der Waals surface area (Å²) in [7, 11) is 0. The summed E-state index contributed by atoms with van der Waals surface area (Å²) >= 11 is 1.39. The number of aryl methyl sites for hydroxylation is 1. The minimum absolute atomic E-state index is 0.00479. The largest absolute Gasteiger partial charge is 0.338 e. The molecule has 0 unspecified atom stereocenters. The molecule has 0 radical (unpaired) electrons. The van der Waals surface area contributed by atoms with Gasteiger partial charge < -0.3 is 10.2 Å². The highest BCUT2D eigenvalue weighted by molar-refractivity contribution is 7.20. The number of carbonyl (C=O) groups is 2. The minimum Gasteiger partial charge on any atom is -0.338 e. The number of amides is 2. The van der Waals surface area contributed by atoms with Crippen molar-refractivity contribution in [3.8, 4) is 5.69 Å². The molecule has 3 heterocycles. The summed E-state index contributed by atoms with van der Waals surface area (Å²) in [6.07, 6.45) is 1.27. The number of hydrogen-bond acceptors (Lipinski definition) is 4. The van der Waals surface area contributed by atoms with Gasteiger partial charge in [0.05, 0.1) is 16.3 Å². The molecule has 0 bridgehead atoms. The first-order valence-electron chi connectivity index (χ1n) is 10.9. The number of thiophene rings is 1. The van der Waals surface area contributed by atoms with Crippen LogP contribution in [0.15, 0.2) is 60.7 Å². The van der Waals surface area contributed by atoms with Crippen molar-refractivity contribution in [1.82, 2.24) is 14.7 Å². The first kappa shape index (κ1) is 21.3. The second-order valence-electron chi connectivity index (χ2n) is 8.22. The Bertz CT molecular complexity index is 1310. The summed E-state index contributed by atoms with van der Waals surface area (Å²) in [5, 5.41) is 8.44. The van der Waals surface area contributed by atoms with Crippen molar-refractivity contribution in [1.29, 1.82) is 0 Å². The van der Waals surface area contributed by atoms with Gasteiger partial charge in [-0.2, -0.15) is 5.10 Å². The lowest BCUT2D eigenvalue weighted by Crippen LogP contribution is -2.41. The van der Waals surface area contributed by atoms with Gasteiger partial charge in [0.1, 0.15) is 10.6 Å². The van der Waals surface area contributed by atoms with Crippen LogP contribution in [0, 0.1) is 18.7 Å². The smallest absolute Gasteiger partial charge is 0.264 e. The average Bonchev–Trinajstić information content (AvgIpc) is 3.40. The molecule has 8 heteroatoms. The summed E-state index contributed by atoms with van der Waals surface area (Å²) in [6.45, 7) is 2.99. The maximum absolute atomic E-state index is 13.3. The van der Waals surface area contributed by atoms with E-state index in [1.165, 1.54) is 23.5 Å². The van der Waals surface area contributed by atoms with E-state index >= 15 is 0 Å². The molecule has 0 spiro atoms. The van der Waals surface area contributed by atoms with Crippen molar-refractivity contribution in [2.24, 2.45) is 5.92 Å². The van der Waals surface area contributed by atoms with E-state index in [9.17, 15) is 14.0 Å². The average molecular weight is 463 g/mol. The van der Waals surface area contributed by atoms with Crippen molar-refractivity contribution in [2.45, 2.75) is 19.8 Å². The third kappa shape index (κ3) is 4.26. The Kier molecular flexibility index (Phi) is 5.68. The first-order chi connectivity index (χ1) is 16.0. The molecule has 5 rings (SSSR count). The second-order valence-corrected chi connectivity index (χ2v) is 9.26. The quantitative estimate of drug-likeness (QED) is 0.463. The number of aromatic nitrogens is 2. The van der Waals surface area contributed by atoms with E-state index in [1.54, 1.807) is 16.8 Å². The van der Waals surface area contributed by atoms with E-state index in [1.807, 2.05) is 48.2 Å². The molecular weight excluding hydrogens is 439 g/mol. The molecule has 1 fully saturated rings. The second kappa shape index (κ2) is 8.78. The van der Waals surface area contributed by atoms with Crippen LogP contribution in [0.5, 0.6) is 0 Å². The Morgan fingerprint density at radius 3 is 2.45 bits per heavy atom. The van der Waals surface area contributed by atoms with Crippen LogP contribution in [0.3, 0.4) is 0 Å². The van der Waals surface area contributed by atoms with Crippen molar-refractivity contribution in [3.05, 3.63) is 77.1 Å². The monoisotopic (exact) mass is 462 g/mol. The van der Waals surface area contributed by atoms with Gasteiger partial charge in [-0.1, -0.05) is 18.2 Å². The van der Waals surface area contributed by atoms with E-state index < -0.39 is 0 Å². The van der Waals surface area contributed by atoms with Gasteiger partial charge in [0.25, 0.3) is 5.91 Å². The van der Waals surface area contributed by atoms with Gasteiger partial charge in [0.2, 0.25) is 5.91 Å². The van der Waals surface area contributed by atoms with Crippen LogP contribution in [-0.4, -0.2) is 39.6 Å². The van der Waals surface area contributed by atoms with Crippen LogP contribution in [-0.2, 0) is 4.79 Å². The van der Waals surface area contributed by atoms with Crippen LogP contribution in [0.25, 0.3) is 15.9 Å². The number of halogens is 1. The molecule has 4 aromatic rings. The molecule has 2 aromatic heterocycles. The number of nitrogens with zero attached hydrogens (tertiary/aromatic N) is 3. The standard InChI is InChI=1S/C25H23FN4O2S/c1-16-21-15-22(33-25(21)30(28-16)20-9-7-18(26)8-10-20)24(32)29-13-11-17(12-14-29)23(31)27-19-5-3-2-4-6-19/h2-10,15,17H,11-14H2,1H3,(H,27,31). The third-order valence-corrected chi connectivity index (χ3v) is 7.12. The normalized spacial score (nSPS) is 14.5. The fourth-order valence-electron chi connectivity index (χ4n) is 4.18. The zero-order valence-electron chi connectivity index (χ0n) is 18.1. The van der Waals surface area contributed by atoms with Gasteiger partial charge in [0, 0.05) is 30.1 Å². The highest BCUT2D eigenvalue weighted by atomic mass is 32.1. The van der Waals surface area contributed by atoms with Crippen LogP contribution >= 0.6 is 11.3 Å². The summed E-state index contributed by atoms with van der Waals surface area (Å²) < 4.78 is 15.1. The first-order valence-corrected chi connectivity index (χ1v) is 11.7. The lowest BCUT2D eigenvalue weighted by atomic mass is 9.95. The number of anilines is 1. The zero-order valence-corrected chi connectivity index (χ0v) is 18.9.